The Morgan fingerprint density at radius 3 is 2.33 bits per heavy atom. The number of thioether (sulfide) groups is 1. The number of anilines is 2. The third kappa shape index (κ3) is 4.25. The van der Waals surface area contributed by atoms with E-state index in [2.05, 4.69) is 5.32 Å². The molecule has 4 rings (SSSR count). The Labute approximate surface area is 183 Å². The van der Waals surface area contributed by atoms with Crippen LogP contribution in [0.3, 0.4) is 0 Å². The van der Waals surface area contributed by atoms with Crippen LogP contribution in [0.5, 0.6) is 0 Å². The molecule has 30 heavy (non-hydrogen) atoms. The monoisotopic (exact) mass is 436 g/mol. The zero-order valence-electron chi connectivity index (χ0n) is 15.8. The van der Waals surface area contributed by atoms with Crippen LogP contribution in [0.25, 0.3) is 0 Å². The number of carbonyl (C=O) groups excluding carboxylic acids is 3. The highest BCUT2D eigenvalue weighted by Crippen LogP contribution is 2.30. The molecule has 7 heteroatoms. The summed E-state index contributed by atoms with van der Waals surface area (Å²) in [5, 5.41) is 3.47. The van der Waals surface area contributed by atoms with Gasteiger partial charge in [-0.05, 0) is 48.0 Å². The van der Waals surface area contributed by atoms with Crippen LogP contribution in [0.1, 0.15) is 26.3 Å². The zero-order chi connectivity index (χ0) is 21.1. The summed E-state index contributed by atoms with van der Waals surface area (Å²) in [7, 11) is 0. The number of hydrogen-bond acceptors (Lipinski definition) is 4. The summed E-state index contributed by atoms with van der Waals surface area (Å²) in [6.45, 7) is 0. The number of nitrogens with one attached hydrogen (secondary N) is 1. The molecule has 0 aromatic heterocycles. The smallest absolute Gasteiger partial charge is 0.266 e. The van der Waals surface area contributed by atoms with Crippen LogP contribution >= 0.6 is 23.4 Å². The minimum Gasteiger partial charge on any atom is -0.325 e. The number of imide groups is 1. The van der Waals surface area contributed by atoms with Gasteiger partial charge in [-0.3, -0.25) is 14.4 Å². The van der Waals surface area contributed by atoms with Crippen molar-refractivity contribution in [2.75, 3.05) is 16.0 Å². The van der Waals surface area contributed by atoms with Gasteiger partial charge in [0.1, 0.15) is 0 Å². The van der Waals surface area contributed by atoms with E-state index < -0.39 is 5.91 Å². The van der Waals surface area contributed by atoms with Gasteiger partial charge in [0.25, 0.3) is 11.8 Å². The Bertz CT molecular complexity index is 1120. The van der Waals surface area contributed by atoms with Crippen molar-refractivity contribution in [2.24, 2.45) is 0 Å². The molecule has 0 spiro atoms. The SMILES string of the molecule is O=C(CSCc1ccc(Cl)cc1)Nc1ccc2c(c1)C(=O)N(c1ccccc1)C2=O. The van der Waals surface area contributed by atoms with Gasteiger partial charge in [-0.2, -0.15) is 0 Å². The second kappa shape index (κ2) is 8.73. The van der Waals surface area contributed by atoms with E-state index in [1.807, 2.05) is 30.3 Å². The number of amides is 3. The third-order valence-corrected chi connectivity index (χ3v) is 5.86. The second-order valence-corrected chi connectivity index (χ2v) is 8.13. The van der Waals surface area contributed by atoms with Gasteiger partial charge in [-0.1, -0.05) is 41.9 Å². The quantitative estimate of drug-likeness (QED) is 0.551. The highest BCUT2D eigenvalue weighted by atomic mass is 35.5. The molecule has 3 aromatic rings. The van der Waals surface area contributed by atoms with Crippen molar-refractivity contribution in [3.8, 4) is 0 Å². The highest BCUT2D eigenvalue weighted by Gasteiger charge is 2.36. The molecule has 3 amide bonds. The maximum absolute atomic E-state index is 12.8. The molecular formula is C23H17ClN2O3S. The number of benzene rings is 3. The lowest BCUT2D eigenvalue weighted by Gasteiger charge is -2.13. The van der Waals surface area contributed by atoms with Crippen LogP contribution in [-0.2, 0) is 10.5 Å². The lowest BCUT2D eigenvalue weighted by atomic mass is 10.1. The first-order valence-electron chi connectivity index (χ1n) is 9.23. The van der Waals surface area contributed by atoms with Gasteiger partial charge in [0.2, 0.25) is 5.91 Å². The van der Waals surface area contributed by atoms with Crippen LogP contribution in [0.4, 0.5) is 11.4 Å². The van der Waals surface area contributed by atoms with Gasteiger partial charge in [0, 0.05) is 16.5 Å². The minimum absolute atomic E-state index is 0.175. The van der Waals surface area contributed by atoms with Crippen LogP contribution in [0.15, 0.2) is 72.8 Å². The van der Waals surface area contributed by atoms with Crippen molar-refractivity contribution in [1.82, 2.24) is 0 Å². The minimum atomic E-state index is -0.394. The normalized spacial score (nSPS) is 12.8. The lowest BCUT2D eigenvalue weighted by molar-refractivity contribution is -0.113. The van der Waals surface area contributed by atoms with Crippen molar-refractivity contribution in [1.29, 1.82) is 0 Å². The predicted octanol–water partition coefficient (Wildman–Crippen LogP) is 5.01. The Hall–Kier alpha value is -3.09. The fourth-order valence-electron chi connectivity index (χ4n) is 3.17. The summed E-state index contributed by atoms with van der Waals surface area (Å²) in [6, 6.07) is 21.0. The number of halogens is 1. The van der Waals surface area contributed by atoms with Gasteiger partial charge < -0.3 is 5.32 Å². The fraction of sp³-hybridized carbons (Fsp3) is 0.0870. The second-order valence-electron chi connectivity index (χ2n) is 6.71. The largest absolute Gasteiger partial charge is 0.325 e. The van der Waals surface area contributed by atoms with Crippen LogP contribution < -0.4 is 10.2 Å². The first kappa shape index (κ1) is 20.2. The standard InChI is InChI=1S/C23H17ClN2O3S/c24-16-8-6-15(7-9-16)13-30-14-21(27)25-17-10-11-19-20(12-17)23(29)26(22(19)28)18-4-2-1-3-5-18/h1-12H,13-14H2,(H,25,27). The van der Waals surface area contributed by atoms with E-state index in [0.29, 0.717) is 27.7 Å². The molecule has 1 N–H and O–H groups in total. The molecule has 1 heterocycles. The Balaban J connectivity index is 1.40. The van der Waals surface area contributed by atoms with Crippen molar-refractivity contribution in [2.45, 2.75) is 5.75 Å². The number of carbonyl (C=O) groups is 3. The number of fused-ring (bicyclic) bond motifs is 1. The topological polar surface area (TPSA) is 66.5 Å². The summed E-state index contributed by atoms with van der Waals surface area (Å²) in [4.78, 5) is 38.8. The average molecular weight is 437 g/mol. The fourth-order valence-corrected chi connectivity index (χ4v) is 4.08. The summed E-state index contributed by atoms with van der Waals surface area (Å²) in [5.41, 5.74) is 2.71. The van der Waals surface area contributed by atoms with E-state index in [-0.39, 0.29) is 23.1 Å². The van der Waals surface area contributed by atoms with Gasteiger partial charge >= 0.3 is 0 Å². The first-order valence-corrected chi connectivity index (χ1v) is 10.8. The zero-order valence-corrected chi connectivity index (χ0v) is 17.4. The van der Waals surface area contributed by atoms with E-state index >= 15 is 0 Å². The van der Waals surface area contributed by atoms with E-state index in [4.69, 9.17) is 11.6 Å². The Morgan fingerprint density at radius 1 is 0.900 bits per heavy atom. The van der Waals surface area contributed by atoms with Gasteiger partial charge in [0.05, 0.1) is 22.6 Å². The molecule has 1 aliphatic heterocycles. The molecule has 0 saturated heterocycles. The van der Waals surface area contributed by atoms with E-state index in [1.165, 1.54) is 11.8 Å². The average Bonchev–Trinajstić information content (AvgIpc) is 3.00. The maximum atomic E-state index is 12.8. The molecule has 0 radical (unpaired) electrons. The highest BCUT2D eigenvalue weighted by molar-refractivity contribution is 7.99. The van der Waals surface area contributed by atoms with Crippen molar-refractivity contribution >= 4 is 52.5 Å². The molecule has 0 bridgehead atoms. The predicted molar refractivity (Wildman–Crippen MR) is 120 cm³/mol. The lowest BCUT2D eigenvalue weighted by Crippen LogP contribution is -2.29. The molecule has 5 nitrogen and oxygen atoms in total. The molecule has 3 aromatic carbocycles. The number of rotatable bonds is 6. The molecule has 0 atom stereocenters. The van der Waals surface area contributed by atoms with E-state index in [9.17, 15) is 14.4 Å². The molecule has 0 fully saturated rings. The van der Waals surface area contributed by atoms with Gasteiger partial charge in [-0.15, -0.1) is 11.8 Å². The number of para-hydroxylation sites is 1. The molecule has 1 aliphatic rings. The van der Waals surface area contributed by atoms with Gasteiger partial charge in [-0.25, -0.2) is 4.90 Å². The molecule has 0 saturated carbocycles. The summed E-state index contributed by atoms with van der Waals surface area (Å²) in [5.74, 6) is 0.0221. The number of nitrogens with zero attached hydrogens (tertiary/aromatic N) is 1. The molecule has 0 unspecified atom stereocenters. The van der Waals surface area contributed by atoms with E-state index in [0.717, 1.165) is 10.5 Å². The van der Waals surface area contributed by atoms with Crippen molar-refractivity contribution < 1.29 is 14.4 Å². The molecular weight excluding hydrogens is 420 g/mol. The number of hydrogen-bond donors (Lipinski definition) is 1. The molecule has 0 aliphatic carbocycles. The maximum Gasteiger partial charge on any atom is 0.266 e. The van der Waals surface area contributed by atoms with E-state index in [1.54, 1.807) is 42.5 Å². The van der Waals surface area contributed by atoms with Crippen LogP contribution in [0.2, 0.25) is 5.02 Å². The Morgan fingerprint density at radius 2 is 1.60 bits per heavy atom. The summed E-state index contributed by atoms with van der Waals surface area (Å²) >= 11 is 7.35. The molecule has 150 valence electrons. The van der Waals surface area contributed by atoms with Crippen LogP contribution in [-0.4, -0.2) is 23.5 Å². The van der Waals surface area contributed by atoms with Crippen molar-refractivity contribution in [3.63, 3.8) is 0 Å². The van der Waals surface area contributed by atoms with Gasteiger partial charge in [0.15, 0.2) is 0 Å². The summed E-state index contributed by atoms with van der Waals surface area (Å²) in [6.07, 6.45) is 0. The third-order valence-electron chi connectivity index (χ3n) is 4.60. The first-order chi connectivity index (χ1) is 14.5. The van der Waals surface area contributed by atoms with Crippen molar-refractivity contribution in [3.05, 3.63) is 94.5 Å². The Kier molecular flexibility index (Phi) is 5.88. The summed E-state index contributed by atoms with van der Waals surface area (Å²) < 4.78 is 0. The van der Waals surface area contributed by atoms with Crippen LogP contribution in [0, 0.1) is 0 Å².